The molecule has 7 nitrogen and oxygen atoms in total. The largest absolute Gasteiger partial charge is 0.463 e. The number of anilines is 1. The number of nitrogens with two attached hydrogens (primary N) is 1. The Labute approximate surface area is 167 Å². The Hall–Kier alpha value is -1.60. The first-order valence-corrected chi connectivity index (χ1v) is 10.00. The number of hydrogen-bond donors (Lipinski definition) is 1. The van der Waals surface area contributed by atoms with Crippen LogP contribution in [0.4, 0.5) is 5.95 Å². The molecule has 0 bridgehead atoms. The van der Waals surface area contributed by atoms with Crippen molar-refractivity contribution in [3.63, 3.8) is 0 Å². The Balaban J connectivity index is 1.82. The molecule has 0 aliphatic heterocycles. The molecule has 0 saturated heterocycles. The molecule has 3 rings (SSSR count). The number of imidazole rings is 1. The van der Waals surface area contributed by atoms with Gasteiger partial charge in [0, 0.05) is 6.04 Å². The zero-order valence-corrected chi connectivity index (χ0v) is 16.9. The smallest absolute Gasteiger partial charge is 0.248 e. The van der Waals surface area contributed by atoms with Gasteiger partial charge < -0.3 is 18.1 Å². The second-order valence-corrected chi connectivity index (χ2v) is 7.08. The number of aromatic nitrogens is 4. The SMILES string of the molecule is Nc1nc(OCC#CCOI)c2ncn(C3CCCCCCCC3)c2n1. The topological polar surface area (TPSA) is 88.1 Å². The Morgan fingerprint density at radius 3 is 2.50 bits per heavy atom. The number of halogens is 1. The summed E-state index contributed by atoms with van der Waals surface area (Å²) in [7, 11) is 0. The second-order valence-electron chi connectivity index (χ2n) is 6.46. The zero-order chi connectivity index (χ0) is 18.2. The van der Waals surface area contributed by atoms with E-state index >= 15 is 0 Å². The highest BCUT2D eigenvalue weighted by Crippen LogP contribution is 2.30. The minimum Gasteiger partial charge on any atom is -0.463 e. The maximum atomic E-state index is 5.91. The molecular weight excluding hydrogens is 445 g/mol. The van der Waals surface area contributed by atoms with Crippen molar-refractivity contribution in [3.05, 3.63) is 6.33 Å². The first-order valence-electron chi connectivity index (χ1n) is 9.11. The summed E-state index contributed by atoms with van der Waals surface area (Å²) < 4.78 is 12.7. The molecule has 26 heavy (non-hydrogen) atoms. The Kier molecular flexibility index (Phi) is 7.32. The first kappa shape index (κ1) is 19.2. The van der Waals surface area contributed by atoms with Crippen LogP contribution in [0.1, 0.15) is 57.4 Å². The molecule has 2 aromatic heterocycles. The lowest BCUT2D eigenvalue weighted by Crippen LogP contribution is -2.10. The minimum absolute atomic E-state index is 0.195. The summed E-state index contributed by atoms with van der Waals surface area (Å²) >= 11 is 1.80. The molecule has 0 radical (unpaired) electrons. The normalized spacial score (nSPS) is 16.3. The highest BCUT2D eigenvalue weighted by atomic mass is 127. The lowest BCUT2D eigenvalue weighted by Gasteiger charge is -2.18. The Morgan fingerprint density at radius 2 is 1.77 bits per heavy atom. The van der Waals surface area contributed by atoms with Gasteiger partial charge in [0.1, 0.15) is 29.6 Å². The van der Waals surface area contributed by atoms with Gasteiger partial charge >= 0.3 is 0 Å². The van der Waals surface area contributed by atoms with Crippen LogP contribution in [0.5, 0.6) is 5.88 Å². The third-order valence-corrected chi connectivity index (χ3v) is 4.97. The highest BCUT2D eigenvalue weighted by Gasteiger charge is 2.19. The fourth-order valence-electron chi connectivity index (χ4n) is 3.40. The highest BCUT2D eigenvalue weighted by molar-refractivity contribution is 14.1. The fourth-order valence-corrected chi connectivity index (χ4v) is 3.55. The standard InChI is InChI=1S/C18H24IN5O2/c19-26-12-8-7-11-25-17-15-16(22-18(20)23-17)24(13-21-15)14-9-5-3-1-2-4-6-10-14/h13-14H,1-6,9-12H2,(H2,20,22,23). The molecule has 1 saturated carbocycles. The second kappa shape index (κ2) is 9.92. The molecule has 8 heteroatoms. The van der Waals surface area contributed by atoms with Gasteiger partial charge in [-0.15, -0.1) is 0 Å². The van der Waals surface area contributed by atoms with E-state index in [0.717, 1.165) is 18.5 Å². The van der Waals surface area contributed by atoms with Crippen LogP contribution in [0, 0.1) is 11.8 Å². The van der Waals surface area contributed by atoms with Gasteiger partial charge in [-0.2, -0.15) is 9.97 Å². The monoisotopic (exact) mass is 469 g/mol. The van der Waals surface area contributed by atoms with E-state index in [1.807, 2.05) is 6.33 Å². The van der Waals surface area contributed by atoms with E-state index in [1.54, 1.807) is 23.0 Å². The number of ether oxygens (including phenoxy) is 1. The van der Waals surface area contributed by atoms with E-state index in [9.17, 15) is 0 Å². The van der Waals surface area contributed by atoms with Crippen molar-refractivity contribution in [3.8, 4) is 17.7 Å². The summed E-state index contributed by atoms with van der Waals surface area (Å²) in [6.45, 7) is 0.573. The minimum atomic E-state index is 0.195. The van der Waals surface area contributed by atoms with Crippen LogP contribution in [0.15, 0.2) is 6.33 Å². The van der Waals surface area contributed by atoms with Crippen molar-refractivity contribution in [2.45, 2.75) is 57.4 Å². The number of nitrogens with zero attached hydrogens (tertiary/aromatic N) is 4. The summed E-state index contributed by atoms with van der Waals surface area (Å²) in [6, 6.07) is 0.404. The van der Waals surface area contributed by atoms with E-state index in [1.165, 1.54) is 38.5 Å². The average Bonchev–Trinajstić information content (AvgIpc) is 3.09. The molecule has 0 atom stereocenters. The molecule has 0 amide bonds. The van der Waals surface area contributed by atoms with Crippen molar-refractivity contribution in [2.75, 3.05) is 18.9 Å². The van der Waals surface area contributed by atoms with Crippen molar-refractivity contribution < 1.29 is 7.80 Å². The Bertz CT molecular complexity index is 773. The predicted molar refractivity (Wildman–Crippen MR) is 109 cm³/mol. The maximum Gasteiger partial charge on any atom is 0.248 e. The third-order valence-electron chi connectivity index (χ3n) is 4.66. The molecule has 2 aromatic rings. The zero-order valence-electron chi connectivity index (χ0n) is 14.8. The van der Waals surface area contributed by atoms with Gasteiger partial charge in [0.2, 0.25) is 11.8 Å². The lowest BCUT2D eigenvalue weighted by molar-refractivity contribution is 0.359. The average molecular weight is 469 g/mol. The van der Waals surface area contributed by atoms with Crippen LogP contribution < -0.4 is 10.5 Å². The molecule has 2 heterocycles. The van der Waals surface area contributed by atoms with Crippen molar-refractivity contribution in [2.24, 2.45) is 0 Å². The van der Waals surface area contributed by atoms with E-state index in [4.69, 9.17) is 13.5 Å². The van der Waals surface area contributed by atoms with Gasteiger partial charge in [-0.25, -0.2) is 4.98 Å². The van der Waals surface area contributed by atoms with E-state index < -0.39 is 0 Å². The van der Waals surface area contributed by atoms with Gasteiger partial charge in [-0.1, -0.05) is 50.4 Å². The summed E-state index contributed by atoms with van der Waals surface area (Å²) in [5.41, 5.74) is 7.31. The predicted octanol–water partition coefficient (Wildman–Crippen LogP) is 3.83. The molecule has 140 valence electrons. The number of hydrogen-bond acceptors (Lipinski definition) is 6. The summed E-state index contributed by atoms with van der Waals surface area (Å²) in [5.74, 6) is 6.30. The van der Waals surface area contributed by atoms with Crippen LogP contribution in [0.25, 0.3) is 11.2 Å². The number of nitrogen functional groups attached to an aromatic ring is 1. The van der Waals surface area contributed by atoms with Crippen molar-refractivity contribution in [1.29, 1.82) is 0 Å². The fraction of sp³-hybridized carbons (Fsp3) is 0.611. The van der Waals surface area contributed by atoms with Crippen LogP contribution >= 0.6 is 23.0 Å². The molecule has 1 aliphatic rings. The van der Waals surface area contributed by atoms with E-state index in [2.05, 4.69) is 31.4 Å². The van der Waals surface area contributed by atoms with Crippen LogP contribution in [0.3, 0.4) is 0 Å². The van der Waals surface area contributed by atoms with Crippen LogP contribution in [0.2, 0.25) is 0 Å². The molecule has 2 N–H and O–H groups in total. The molecular formula is C18H24IN5O2. The molecule has 1 fully saturated rings. The molecule has 0 unspecified atom stereocenters. The first-order chi connectivity index (χ1) is 12.8. The summed E-state index contributed by atoms with van der Waals surface area (Å²) in [6.07, 6.45) is 11.9. The quantitative estimate of drug-likeness (QED) is 0.541. The lowest BCUT2D eigenvalue weighted by atomic mass is 10.1. The van der Waals surface area contributed by atoms with Crippen LogP contribution in [-0.2, 0) is 3.07 Å². The van der Waals surface area contributed by atoms with Gasteiger partial charge in [0.05, 0.1) is 6.33 Å². The molecule has 0 aromatic carbocycles. The third kappa shape index (κ3) is 4.98. The van der Waals surface area contributed by atoms with Gasteiger partial charge in [0.25, 0.3) is 0 Å². The van der Waals surface area contributed by atoms with Gasteiger partial charge in [0.15, 0.2) is 17.8 Å². The molecule has 1 aliphatic carbocycles. The summed E-state index contributed by atoms with van der Waals surface area (Å²) in [4.78, 5) is 13.1. The molecule has 0 spiro atoms. The summed E-state index contributed by atoms with van der Waals surface area (Å²) in [5, 5.41) is 0. The van der Waals surface area contributed by atoms with Gasteiger partial charge in [-0.3, -0.25) is 0 Å². The van der Waals surface area contributed by atoms with E-state index in [-0.39, 0.29) is 12.6 Å². The van der Waals surface area contributed by atoms with Crippen molar-refractivity contribution in [1.82, 2.24) is 19.5 Å². The van der Waals surface area contributed by atoms with E-state index in [0.29, 0.717) is 24.0 Å². The van der Waals surface area contributed by atoms with Crippen LogP contribution in [-0.4, -0.2) is 32.7 Å². The number of fused-ring (bicyclic) bond motifs is 1. The number of rotatable bonds is 4. The van der Waals surface area contributed by atoms with Gasteiger partial charge in [-0.05, 0) is 12.8 Å². The maximum absolute atomic E-state index is 5.91. The Morgan fingerprint density at radius 1 is 1.08 bits per heavy atom. The van der Waals surface area contributed by atoms with Crippen molar-refractivity contribution >= 4 is 40.1 Å².